The number of hydrogen-bond donors (Lipinski definition) is 10. The summed E-state index contributed by atoms with van der Waals surface area (Å²) in [5.41, 5.74) is -0.546. The van der Waals surface area contributed by atoms with E-state index in [4.69, 9.17) is 24.7 Å². The molecule has 4 rings (SSSR count). The van der Waals surface area contributed by atoms with Crippen LogP contribution in [0.15, 0.2) is 12.7 Å². The minimum absolute atomic E-state index is 0.0698. The van der Waals surface area contributed by atoms with Crippen molar-refractivity contribution < 1.29 is 81.4 Å². The molecule has 4 heterocycles. The Morgan fingerprint density at radius 3 is 1.88 bits per heavy atom. The van der Waals surface area contributed by atoms with Crippen LogP contribution in [0.1, 0.15) is 12.5 Å². The predicted molar refractivity (Wildman–Crippen MR) is 120 cm³/mol. The highest BCUT2D eigenvalue weighted by Crippen LogP contribution is 2.66. The van der Waals surface area contributed by atoms with Crippen LogP contribution in [0.25, 0.3) is 11.2 Å². The van der Waals surface area contributed by atoms with E-state index in [1.165, 1.54) is 0 Å². The summed E-state index contributed by atoms with van der Waals surface area (Å²) in [6.45, 7) is -1.72. The van der Waals surface area contributed by atoms with Crippen molar-refractivity contribution in [3.63, 3.8) is 0 Å². The van der Waals surface area contributed by atoms with E-state index in [2.05, 4.69) is 23.1 Å². The third kappa shape index (κ3) is 6.43. The first-order valence-corrected chi connectivity index (χ1v) is 15.4. The van der Waals surface area contributed by atoms with Gasteiger partial charge in [-0.05, 0) is 0 Å². The largest absolute Gasteiger partial charge is 0.490 e. The van der Waals surface area contributed by atoms with E-state index in [1.807, 2.05) is 0 Å². The van der Waals surface area contributed by atoms with E-state index in [0.29, 0.717) is 0 Å². The molecule has 22 nitrogen and oxygen atoms in total. The molecular weight excluding hydrogens is 615 g/mol. The van der Waals surface area contributed by atoms with Crippen LogP contribution in [0, 0.1) is 5.41 Å². The number of phosphoric acid groups is 3. The molecule has 25 heteroatoms. The quantitative estimate of drug-likeness (QED) is 0.112. The van der Waals surface area contributed by atoms with E-state index in [1.54, 1.807) is 0 Å². The first-order chi connectivity index (χ1) is 18.4. The maximum atomic E-state index is 12.0. The van der Waals surface area contributed by atoms with E-state index < -0.39 is 85.8 Å². The van der Waals surface area contributed by atoms with Crippen molar-refractivity contribution in [1.82, 2.24) is 19.1 Å². The van der Waals surface area contributed by atoms with Gasteiger partial charge in [0, 0.05) is 0 Å². The molecule has 0 radical (unpaired) electrons. The number of aliphatic hydroxyl groups is 5. The number of imidazole rings is 1. The number of ether oxygens (including phenoxy) is 2. The number of hydrogen-bond acceptors (Lipinski definition) is 16. The number of nitrogens with one attached hydrogen (secondary N) is 1. The van der Waals surface area contributed by atoms with Gasteiger partial charge in [0.05, 0.1) is 19.5 Å². The van der Waals surface area contributed by atoms with E-state index >= 15 is 0 Å². The summed E-state index contributed by atoms with van der Waals surface area (Å²) in [5, 5.41) is 59.1. The van der Waals surface area contributed by atoms with Crippen LogP contribution in [-0.2, 0) is 36.3 Å². The SMILES string of the molecule is N=c1ncn(C2O[C@H](CO)[C@@H](O)[C@@H]2O)c2c1ncn2[C@@H]1O[C@H](COP(=O)(O)OP(=O)(O)OP(=O)(O)O)[C@@H](O)[C@H]1O. The van der Waals surface area contributed by atoms with Gasteiger partial charge < -0.3 is 54.6 Å². The minimum atomic E-state index is -5.80. The predicted octanol–water partition coefficient (Wildman–Crippen LogP) is -3.71. The third-order valence-electron chi connectivity index (χ3n) is 5.77. The van der Waals surface area contributed by atoms with Crippen molar-refractivity contribution in [3.05, 3.63) is 18.1 Å². The molecule has 40 heavy (non-hydrogen) atoms. The molecule has 10 atom stereocenters. The molecule has 0 aromatic carbocycles. The van der Waals surface area contributed by atoms with Crippen LogP contribution in [0.5, 0.6) is 0 Å². The number of aromatic nitrogens is 4. The normalized spacial score (nSPS) is 34.2. The Bertz CT molecular complexity index is 1450. The van der Waals surface area contributed by atoms with Gasteiger partial charge in [0.15, 0.2) is 23.5 Å². The van der Waals surface area contributed by atoms with Gasteiger partial charge in [0.2, 0.25) is 0 Å². The number of fused-ring (bicyclic) bond motifs is 1. The Kier molecular flexibility index (Phi) is 8.86. The molecule has 0 bridgehead atoms. The summed E-state index contributed by atoms with van der Waals surface area (Å²) >= 11 is 0. The van der Waals surface area contributed by atoms with Crippen molar-refractivity contribution in [2.24, 2.45) is 0 Å². The van der Waals surface area contributed by atoms with Gasteiger partial charge >= 0.3 is 23.5 Å². The minimum Gasteiger partial charge on any atom is -0.394 e. The molecule has 2 aromatic rings. The van der Waals surface area contributed by atoms with Crippen molar-refractivity contribution in [2.45, 2.75) is 49.1 Å². The average molecular weight is 639 g/mol. The lowest BCUT2D eigenvalue weighted by molar-refractivity contribution is -0.0584. The van der Waals surface area contributed by atoms with Crippen LogP contribution in [0.4, 0.5) is 0 Å². The molecule has 3 unspecified atom stereocenters. The fourth-order valence-corrected chi connectivity index (χ4v) is 7.09. The molecule has 10 N–H and O–H groups in total. The molecule has 2 aliphatic heterocycles. The van der Waals surface area contributed by atoms with Gasteiger partial charge in [0.25, 0.3) is 0 Å². The summed E-state index contributed by atoms with van der Waals surface area (Å²) in [6.07, 6.45) is -10.3. The highest BCUT2D eigenvalue weighted by atomic mass is 31.3. The zero-order chi connectivity index (χ0) is 29.8. The van der Waals surface area contributed by atoms with Crippen molar-refractivity contribution in [2.75, 3.05) is 13.2 Å². The molecular formula is C15H24N5O17P3. The summed E-state index contributed by atoms with van der Waals surface area (Å²) in [5.74, 6) is 0. The van der Waals surface area contributed by atoms with Crippen molar-refractivity contribution in [1.29, 1.82) is 5.41 Å². The van der Waals surface area contributed by atoms with Crippen LogP contribution >= 0.6 is 23.5 Å². The molecule has 2 saturated heterocycles. The Balaban J connectivity index is 1.57. The topological polar surface area (TPSA) is 339 Å². The molecule has 2 aromatic heterocycles. The molecule has 2 fully saturated rings. The Morgan fingerprint density at radius 1 is 0.825 bits per heavy atom. The zero-order valence-corrected chi connectivity index (χ0v) is 22.3. The molecule has 226 valence electrons. The van der Waals surface area contributed by atoms with Crippen LogP contribution in [-0.4, -0.2) is 114 Å². The molecule has 0 spiro atoms. The Morgan fingerprint density at radius 2 is 1.35 bits per heavy atom. The second kappa shape index (κ2) is 11.3. The lowest BCUT2D eigenvalue weighted by Crippen LogP contribution is -2.34. The molecule has 0 saturated carbocycles. The summed E-state index contributed by atoms with van der Waals surface area (Å²) in [7, 11) is -17.0. The van der Waals surface area contributed by atoms with E-state index in [0.717, 1.165) is 21.8 Å². The second-order valence-electron chi connectivity index (χ2n) is 8.49. The highest BCUT2D eigenvalue weighted by Gasteiger charge is 2.48. The number of rotatable bonds is 10. The number of phosphoric ester groups is 1. The maximum Gasteiger partial charge on any atom is 0.490 e. The summed E-state index contributed by atoms with van der Waals surface area (Å²) < 4.78 is 59.1. The van der Waals surface area contributed by atoms with Crippen LogP contribution in [0.2, 0.25) is 0 Å². The fraction of sp³-hybridized carbons (Fsp3) is 0.667. The average Bonchev–Trinajstić information content (AvgIpc) is 3.47. The standard InChI is InChI=1S/C15H24N5O17P3/c16-12-7-13(20(4-18-12)14-10(24)8(22)5(1-21)34-14)19(3-17-7)15-11(25)9(23)6(35-15)2-33-39(29,30)37-40(31,32)36-38(26,27)28/h3-6,8-11,14-16,21-25H,1-2H2,(H,29,30)(H,31,32)(H2,26,27,28)/t5-,6-,8-,9-,10+,11-,14?,15-/m1/s1. The number of aliphatic hydroxyl groups excluding tert-OH is 5. The van der Waals surface area contributed by atoms with E-state index in [9.17, 15) is 49.0 Å². The fourth-order valence-electron chi connectivity index (χ4n) is 4.06. The summed E-state index contributed by atoms with van der Waals surface area (Å²) in [6, 6.07) is 0. The molecule has 0 aliphatic carbocycles. The Hall–Kier alpha value is -1.52. The summed E-state index contributed by atoms with van der Waals surface area (Å²) in [4.78, 5) is 43.9. The van der Waals surface area contributed by atoms with Gasteiger partial charge in [0.1, 0.15) is 48.6 Å². The molecule has 0 amide bonds. The van der Waals surface area contributed by atoms with Crippen molar-refractivity contribution in [3.8, 4) is 0 Å². The third-order valence-corrected chi connectivity index (χ3v) is 9.57. The van der Waals surface area contributed by atoms with Crippen LogP contribution < -0.4 is 5.49 Å². The smallest absolute Gasteiger partial charge is 0.394 e. The van der Waals surface area contributed by atoms with E-state index in [-0.39, 0.29) is 16.7 Å². The first-order valence-electron chi connectivity index (χ1n) is 10.9. The van der Waals surface area contributed by atoms with Crippen LogP contribution in [0.3, 0.4) is 0 Å². The van der Waals surface area contributed by atoms with Gasteiger partial charge in [-0.15, -0.1) is 0 Å². The monoisotopic (exact) mass is 639 g/mol. The number of nitrogens with zero attached hydrogens (tertiary/aromatic N) is 4. The first kappa shape index (κ1) is 31.4. The lowest BCUT2D eigenvalue weighted by atomic mass is 10.1. The highest BCUT2D eigenvalue weighted by molar-refractivity contribution is 7.66. The lowest BCUT2D eigenvalue weighted by Gasteiger charge is -2.23. The second-order valence-corrected chi connectivity index (χ2v) is 12.9. The van der Waals surface area contributed by atoms with Crippen molar-refractivity contribution >= 4 is 34.6 Å². The van der Waals surface area contributed by atoms with Gasteiger partial charge in [-0.25, -0.2) is 23.7 Å². The van der Waals surface area contributed by atoms with Gasteiger partial charge in [-0.1, -0.05) is 0 Å². The zero-order valence-electron chi connectivity index (χ0n) is 19.6. The Labute approximate surface area is 221 Å². The maximum absolute atomic E-state index is 12.0. The van der Waals surface area contributed by atoms with Gasteiger partial charge in [-0.3, -0.25) is 19.1 Å². The van der Waals surface area contributed by atoms with Gasteiger partial charge in [-0.2, -0.15) is 8.62 Å². The molecule has 2 aliphatic rings.